The van der Waals surface area contributed by atoms with Crippen molar-refractivity contribution in [3.05, 3.63) is 51.8 Å². The van der Waals surface area contributed by atoms with Gasteiger partial charge >= 0.3 is 5.97 Å². The number of nitro groups is 1. The van der Waals surface area contributed by atoms with Crippen molar-refractivity contribution in [2.75, 3.05) is 32.1 Å². The van der Waals surface area contributed by atoms with E-state index in [4.69, 9.17) is 9.15 Å². The first-order valence-electron chi connectivity index (χ1n) is 10.2. The zero-order chi connectivity index (χ0) is 23.6. The van der Waals surface area contributed by atoms with E-state index in [0.29, 0.717) is 30.6 Å². The first kappa shape index (κ1) is 23.7. The number of nitrogens with zero attached hydrogens (tertiary/aromatic N) is 3. The van der Waals surface area contributed by atoms with E-state index in [0.717, 1.165) is 10.7 Å². The molecule has 1 saturated heterocycles. The molecule has 174 valence electrons. The van der Waals surface area contributed by atoms with Crippen molar-refractivity contribution >= 4 is 27.4 Å². The van der Waals surface area contributed by atoms with Crippen LogP contribution in [0.25, 0.3) is 0 Å². The van der Waals surface area contributed by atoms with Gasteiger partial charge in [-0.3, -0.25) is 10.1 Å². The molecular formula is C21H27N3O7S. The predicted octanol–water partition coefficient (Wildman–Crippen LogP) is 3.28. The van der Waals surface area contributed by atoms with Gasteiger partial charge in [0.05, 0.1) is 10.5 Å². The van der Waals surface area contributed by atoms with Crippen molar-refractivity contribution in [1.29, 1.82) is 0 Å². The molecule has 3 rings (SSSR count). The number of piperidine rings is 1. The van der Waals surface area contributed by atoms with E-state index in [1.807, 2.05) is 4.90 Å². The molecule has 1 aliphatic rings. The van der Waals surface area contributed by atoms with Gasteiger partial charge in [0.25, 0.3) is 15.7 Å². The Morgan fingerprint density at radius 2 is 1.88 bits per heavy atom. The summed E-state index contributed by atoms with van der Waals surface area (Å²) in [6.45, 7) is 5.35. The number of rotatable bonds is 7. The number of anilines is 1. The number of carbonyl (C=O) groups is 1. The highest BCUT2D eigenvalue weighted by atomic mass is 32.2. The van der Waals surface area contributed by atoms with Gasteiger partial charge in [-0.2, -0.15) is 0 Å². The van der Waals surface area contributed by atoms with Crippen LogP contribution in [0.3, 0.4) is 0 Å². The van der Waals surface area contributed by atoms with Gasteiger partial charge in [0.2, 0.25) is 5.09 Å². The molecule has 2 heterocycles. The molecule has 11 heteroatoms. The minimum absolute atomic E-state index is 0.0336. The fraction of sp³-hybridized carbons (Fsp3) is 0.476. The maximum absolute atomic E-state index is 12.5. The number of carbonyl (C=O) groups excluding carboxylic acids is 1. The molecule has 0 N–H and O–H groups in total. The monoisotopic (exact) mass is 465 g/mol. The van der Waals surface area contributed by atoms with Gasteiger partial charge in [0.1, 0.15) is 18.1 Å². The first-order valence-corrected chi connectivity index (χ1v) is 11.6. The van der Waals surface area contributed by atoms with Crippen molar-refractivity contribution in [2.45, 2.75) is 32.0 Å². The van der Waals surface area contributed by atoms with Gasteiger partial charge in [-0.15, -0.1) is 0 Å². The van der Waals surface area contributed by atoms with Crippen LogP contribution in [-0.2, 0) is 21.4 Å². The second-order valence-corrected chi connectivity index (χ2v) is 10.5. The van der Waals surface area contributed by atoms with Gasteiger partial charge in [-0.1, -0.05) is 13.8 Å². The van der Waals surface area contributed by atoms with Crippen LogP contribution in [-0.4, -0.2) is 50.8 Å². The summed E-state index contributed by atoms with van der Waals surface area (Å²) in [6.07, 6.45) is 1.07. The Hall–Kier alpha value is -2.92. The highest BCUT2D eigenvalue weighted by Gasteiger charge is 2.28. The fourth-order valence-corrected chi connectivity index (χ4v) is 4.71. The van der Waals surface area contributed by atoms with Crippen LogP contribution in [0.4, 0.5) is 11.4 Å². The molecule has 0 spiro atoms. The lowest BCUT2D eigenvalue weighted by Crippen LogP contribution is -2.39. The summed E-state index contributed by atoms with van der Waals surface area (Å²) in [5, 5.41) is 11.4. The maximum atomic E-state index is 12.5. The lowest BCUT2D eigenvalue weighted by atomic mass is 9.91. The van der Waals surface area contributed by atoms with E-state index in [1.54, 1.807) is 6.07 Å². The zero-order valence-electron chi connectivity index (χ0n) is 18.5. The largest absolute Gasteiger partial charge is 0.454 e. The molecule has 0 bridgehead atoms. The Labute approximate surface area is 186 Å². The number of benzene rings is 1. The third-order valence-electron chi connectivity index (χ3n) is 5.33. The Balaban J connectivity index is 1.74. The topological polar surface area (TPSA) is 123 Å². The van der Waals surface area contributed by atoms with Crippen molar-refractivity contribution in [1.82, 2.24) is 4.31 Å². The van der Waals surface area contributed by atoms with Gasteiger partial charge in [-0.25, -0.2) is 17.5 Å². The Morgan fingerprint density at radius 1 is 1.22 bits per heavy atom. The molecule has 1 aromatic carbocycles. The van der Waals surface area contributed by atoms with Crippen LogP contribution in [0.1, 0.15) is 36.4 Å². The number of ether oxygens (including phenoxy) is 1. The van der Waals surface area contributed by atoms with Gasteiger partial charge in [0.15, 0.2) is 0 Å². The van der Waals surface area contributed by atoms with Gasteiger partial charge in [0, 0.05) is 33.3 Å². The Kier molecular flexibility index (Phi) is 6.89. The van der Waals surface area contributed by atoms with Crippen molar-refractivity contribution in [3.63, 3.8) is 0 Å². The minimum atomic E-state index is -3.74. The molecule has 0 amide bonds. The summed E-state index contributed by atoms with van der Waals surface area (Å²) in [5.74, 6) is 0.199. The molecule has 0 saturated carbocycles. The highest BCUT2D eigenvalue weighted by Crippen LogP contribution is 2.34. The number of nitro benzene ring substituents is 1. The van der Waals surface area contributed by atoms with Crippen LogP contribution >= 0.6 is 0 Å². The third kappa shape index (κ3) is 5.10. The normalized spacial score (nSPS) is 19.2. The van der Waals surface area contributed by atoms with Gasteiger partial charge in [-0.05, 0) is 42.5 Å². The average molecular weight is 466 g/mol. The quantitative estimate of drug-likeness (QED) is 0.347. The minimum Gasteiger partial charge on any atom is -0.454 e. The second-order valence-electron chi connectivity index (χ2n) is 8.40. The molecule has 0 aliphatic carbocycles. The van der Waals surface area contributed by atoms with Crippen LogP contribution in [0.2, 0.25) is 0 Å². The molecule has 0 radical (unpaired) electrons. The molecule has 1 aliphatic heterocycles. The third-order valence-corrected chi connectivity index (χ3v) is 7.02. The molecule has 10 nitrogen and oxygen atoms in total. The molecule has 2 unspecified atom stereocenters. The summed E-state index contributed by atoms with van der Waals surface area (Å²) in [5.41, 5.74) is 0.360. The zero-order valence-corrected chi connectivity index (χ0v) is 19.3. The van der Waals surface area contributed by atoms with E-state index in [9.17, 15) is 23.3 Å². The number of esters is 1. The predicted molar refractivity (Wildman–Crippen MR) is 117 cm³/mol. The number of hydrogen-bond donors (Lipinski definition) is 0. The van der Waals surface area contributed by atoms with Crippen molar-refractivity contribution in [2.24, 2.45) is 11.8 Å². The second kappa shape index (κ2) is 9.29. The Morgan fingerprint density at radius 3 is 2.47 bits per heavy atom. The van der Waals surface area contributed by atoms with Crippen molar-refractivity contribution in [3.8, 4) is 0 Å². The van der Waals surface area contributed by atoms with Gasteiger partial charge < -0.3 is 14.1 Å². The van der Waals surface area contributed by atoms with E-state index in [-0.39, 0.29) is 28.7 Å². The van der Waals surface area contributed by atoms with E-state index in [1.165, 1.54) is 38.4 Å². The summed E-state index contributed by atoms with van der Waals surface area (Å²) < 4.78 is 35.6. The molecule has 2 aromatic rings. The van der Waals surface area contributed by atoms with Crippen LogP contribution in [0.5, 0.6) is 0 Å². The molecule has 32 heavy (non-hydrogen) atoms. The number of furan rings is 1. The lowest BCUT2D eigenvalue weighted by molar-refractivity contribution is -0.384. The highest BCUT2D eigenvalue weighted by molar-refractivity contribution is 7.88. The number of hydrogen-bond acceptors (Lipinski definition) is 8. The SMILES string of the molecule is CC1CC(C)CN(c2ccc(C(=O)OCc3ccc(S(=O)(=O)N(C)C)o3)cc2[N+](=O)[O-])C1. The van der Waals surface area contributed by atoms with Crippen LogP contribution in [0.15, 0.2) is 39.8 Å². The maximum Gasteiger partial charge on any atom is 0.338 e. The lowest BCUT2D eigenvalue weighted by Gasteiger charge is -2.36. The standard InChI is InChI=1S/C21H27N3O7S/c1-14-9-15(2)12-23(11-14)18-7-5-16(10-19(18)24(26)27)21(25)30-13-17-6-8-20(31-17)32(28,29)22(3)4/h5-8,10,14-15H,9,11-13H2,1-4H3. The smallest absolute Gasteiger partial charge is 0.338 e. The Bertz CT molecular complexity index is 1100. The average Bonchev–Trinajstić information content (AvgIpc) is 3.20. The molecule has 2 atom stereocenters. The van der Waals surface area contributed by atoms with Crippen molar-refractivity contribution < 1.29 is 27.3 Å². The van der Waals surface area contributed by atoms with Crippen LogP contribution < -0.4 is 4.90 Å². The fourth-order valence-electron chi connectivity index (χ4n) is 3.90. The van der Waals surface area contributed by atoms with Crippen LogP contribution in [0, 0.1) is 22.0 Å². The summed E-state index contributed by atoms with van der Waals surface area (Å²) in [4.78, 5) is 25.6. The molecule has 1 aromatic heterocycles. The van der Waals surface area contributed by atoms with E-state index >= 15 is 0 Å². The number of sulfonamides is 1. The van der Waals surface area contributed by atoms with E-state index < -0.39 is 20.9 Å². The van der Waals surface area contributed by atoms with E-state index in [2.05, 4.69) is 13.8 Å². The summed E-state index contributed by atoms with van der Waals surface area (Å²) in [6, 6.07) is 6.96. The molecule has 1 fully saturated rings. The first-order chi connectivity index (χ1) is 15.0. The summed E-state index contributed by atoms with van der Waals surface area (Å²) in [7, 11) is -0.990. The summed E-state index contributed by atoms with van der Waals surface area (Å²) >= 11 is 0. The molecular weight excluding hydrogens is 438 g/mol.